The largest absolute Gasteiger partial charge is 0.461 e. The first-order valence-electron chi connectivity index (χ1n) is 6.09. The average Bonchev–Trinajstić information content (AvgIpc) is 2.82. The summed E-state index contributed by atoms with van der Waals surface area (Å²) < 4.78 is 6.15. The lowest BCUT2D eigenvalue weighted by Crippen LogP contribution is -2.09. The number of aryl methyl sites for hydroxylation is 2. The van der Waals surface area contributed by atoms with E-state index in [-0.39, 0.29) is 17.9 Å². The Kier molecular flexibility index (Phi) is 3.88. The summed E-state index contributed by atoms with van der Waals surface area (Å²) in [6, 6.07) is 1.82. The monoisotopic (exact) mass is 274 g/mol. The minimum absolute atomic E-state index is 0.0374. The van der Waals surface area contributed by atoms with Gasteiger partial charge < -0.3 is 4.74 Å². The Morgan fingerprint density at radius 2 is 2.00 bits per heavy atom. The lowest BCUT2D eigenvalue weighted by molar-refractivity contribution is 0.0517. The Morgan fingerprint density at radius 3 is 2.55 bits per heavy atom. The summed E-state index contributed by atoms with van der Waals surface area (Å²) in [7, 11) is 0. The van der Waals surface area contributed by atoms with Gasteiger partial charge in [0, 0.05) is 17.6 Å². The van der Waals surface area contributed by atoms with Crippen LogP contribution in [0.25, 0.3) is 5.95 Å². The van der Waals surface area contributed by atoms with E-state index in [1.54, 1.807) is 6.92 Å². The zero-order chi connectivity index (χ0) is 14.7. The number of hydrogen-bond donors (Lipinski definition) is 0. The lowest BCUT2D eigenvalue weighted by Gasteiger charge is -2.02. The quantitative estimate of drug-likeness (QED) is 0.616. The molecular formula is C13H14N4O3. The van der Waals surface area contributed by atoms with Crippen molar-refractivity contribution in [1.29, 1.82) is 0 Å². The van der Waals surface area contributed by atoms with Crippen LogP contribution in [0.3, 0.4) is 0 Å². The molecule has 2 aromatic heterocycles. The lowest BCUT2D eigenvalue weighted by atomic mass is 10.3. The van der Waals surface area contributed by atoms with Crippen molar-refractivity contribution in [1.82, 2.24) is 19.7 Å². The van der Waals surface area contributed by atoms with Crippen LogP contribution in [-0.4, -0.2) is 38.6 Å². The fraction of sp³-hybridized carbons (Fsp3) is 0.308. The molecule has 0 aromatic carbocycles. The standard InChI is InChI=1S/C13H14N4O3/c1-4-20-12(19)11-10(7-18)6-17(16-11)13-14-8(2)5-9(3)15-13/h5-7H,4H2,1-3H3. The molecule has 20 heavy (non-hydrogen) atoms. The normalized spacial score (nSPS) is 10.3. The van der Waals surface area contributed by atoms with Crippen LogP contribution in [0.4, 0.5) is 0 Å². The summed E-state index contributed by atoms with van der Waals surface area (Å²) in [5, 5.41) is 4.04. The number of aldehydes is 1. The van der Waals surface area contributed by atoms with Crippen LogP contribution in [0.5, 0.6) is 0 Å². The first kappa shape index (κ1) is 13.9. The van der Waals surface area contributed by atoms with Gasteiger partial charge in [-0.2, -0.15) is 5.10 Å². The molecule has 2 rings (SSSR count). The number of nitrogens with zero attached hydrogens (tertiary/aromatic N) is 4. The second-order valence-corrected chi connectivity index (χ2v) is 4.17. The third-order valence-electron chi connectivity index (χ3n) is 2.51. The van der Waals surface area contributed by atoms with Crippen LogP contribution in [0, 0.1) is 13.8 Å². The molecule has 0 unspecified atom stereocenters. The van der Waals surface area contributed by atoms with E-state index in [9.17, 15) is 9.59 Å². The van der Waals surface area contributed by atoms with Crippen molar-refractivity contribution in [2.24, 2.45) is 0 Å². The Bertz CT molecular complexity index is 643. The number of carbonyl (C=O) groups is 2. The van der Waals surface area contributed by atoms with E-state index < -0.39 is 5.97 Å². The molecule has 0 radical (unpaired) electrons. The van der Waals surface area contributed by atoms with Crippen LogP contribution in [0.1, 0.15) is 39.2 Å². The fourth-order valence-corrected chi connectivity index (χ4v) is 1.74. The summed E-state index contributed by atoms with van der Waals surface area (Å²) in [5.41, 5.74) is 1.65. The van der Waals surface area contributed by atoms with E-state index in [2.05, 4.69) is 15.1 Å². The van der Waals surface area contributed by atoms with Gasteiger partial charge in [-0.05, 0) is 26.8 Å². The van der Waals surface area contributed by atoms with Crippen LogP contribution in [0.2, 0.25) is 0 Å². The zero-order valence-electron chi connectivity index (χ0n) is 11.5. The minimum Gasteiger partial charge on any atom is -0.461 e. The molecule has 0 N–H and O–H groups in total. The van der Waals surface area contributed by atoms with Gasteiger partial charge in [-0.25, -0.2) is 19.4 Å². The number of carbonyl (C=O) groups excluding carboxylic acids is 2. The van der Waals surface area contributed by atoms with Crippen molar-refractivity contribution in [3.63, 3.8) is 0 Å². The second kappa shape index (κ2) is 5.60. The predicted octanol–water partition coefficient (Wildman–Crippen LogP) is 1.27. The van der Waals surface area contributed by atoms with Crippen LogP contribution in [0.15, 0.2) is 12.3 Å². The van der Waals surface area contributed by atoms with Crippen molar-refractivity contribution in [2.45, 2.75) is 20.8 Å². The molecule has 0 saturated heterocycles. The van der Waals surface area contributed by atoms with Gasteiger partial charge in [0.25, 0.3) is 5.95 Å². The molecule has 0 aliphatic carbocycles. The summed E-state index contributed by atoms with van der Waals surface area (Å²) >= 11 is 0. The number of hydrogen-bond acceptors (Lipinski definition) is 6. The molecule has 0 amide bonds. The Labute approximate surface area is 115 Å². The number of esters is 1. The van der Waals surface area contributed by atoms with Crippen LogP contribution < -0.4 is 0 Å². The molecule has 104 valence electrons. The zero-order valence-corrected chi connectivity index (χ0v) is 11.5. The van der Waals surface area contributed by atoms with Crippen molar-refractivity contribution in [2.75, 3.05) is 6.61 Å². The van der Waals surface area contributed by atoms with Crippen molar-refractivity contribution >= 4 is 12.3 Å². The molecule has 7 nitrogen and oxygen atoms in total. The molecule has 0 spiro atoms. The highest BCUT2D eigenvalue weighted by molar-refractivity contribution is 5.96. The maximum atomic E-state index is 11.7. The SMILES string of the molecule is CCOC(=O)c1nn(-c2nc(C)cc(C)n2)cc1C=O. The molecule has 7 heteroatoms. The molecule has 0 aliphatic heterocycles. The highest BCUT2D eigenvalue weighted by Gasteiger charge is 2.19. The summed E-state index contributed by atoms with van der Waals surface area (Å²) in [5.74, 6) is -0.334. The third kappa shape index (κ3) is 2.71. The molecular weight excluding hydrogens is 260 g/mol. The fourth-order valence-electron chi connectivity index (χ4n) is 1.74. The maximum Gasteiger partial charge on any atom is 0.359 e. The Hall–Kier alpha value is -2.57. The van der Waals surface area contributed by atoms with Crippen LogP contribution in [-0.2, 0) is 4.74 Å². The van der Waals surface area contributed by atoms with E-state index in [4.69, 9.17) is 4.74 Å². The molecule has 0 fully saturated rings. The highest BCUT2D eigenvalue weighted by atomic mass is 16.5. The maximum absolute atomic E-state index is 11.7. The third-order valence-corrected chi connectivity index (χ3v) is 2.51. The second-order valence-electron chi connectivity index (χ2n) is 4.17. The molecule has 0 saturated carbocycles. The van der Waals surface area contributed by atoms with Gasteiger partial charge in [0.2, 0.25) is 0 Å². The van der Waals surface area contributed by atoms with E-state index in [1.807, 2.05) is 19.9 Å². The summed E-state index contributed by atoms with van der Waals surface area (Å²) in [6.07, 6.45) is 1.96. The number of aromatic nitrogens is 4. The van der Waals surface area contributed by atoms with Gasteiger partial charge in [-0.1, -0.05) is 0 Å². The molecule has 0 aliphatic rings. The first-order chi connectivity index (χ1) is 9.55. The van der Waals surface area contributed by atoms with Gasteiger partial charge in [-0.15, -0.1) is 0 Å². The van der Waals surface area contributed by atoms with Gasteiger partial charge >= 0.3 is 5.97 Å². The number of ether oxygens (including phenoxy) is 1. The minimum atomic E-state index is -0.641. The molecule has 2 heterocycles. The molecule has 0 bridgehead atoms. The topological polar surface area (TPSA) is 87.0 Å². The van der Waals surface area contributed by atoms with E-state index in [0.29, 0.717) is 12.2 Å². The van der Waals surface area contributed by atoms with Gasteiger partial charge in [0.05, 0.1) is 12.2 Å². The van der Waals surface area contributed by atoms with Crippen molar-refractivity contribution in [3.05, 3.63) is 34.9 Å². The smallest absolute Gasteiger partial charge is 0.359 e. The van der Waals surface area contributed by atoms with Gasteiger partial charge in [0.15, 0.2) is 12.0 Å². The average molecular weight is 274 g/mol. The first-order valence-corrected chi connectivity index (χ1v) is 6.09. The molecule has 0 atom stereocenters. The number of rotatable bonds is 4. The Balaban J connectivity index is 2.48. The van der Waals surface area contributed by atoms with Crippen molar-refractivity contribution < 1.29 is 14.3 Å². The predicted molar refractivity (Wildman–Crippen MR) is 70.0 cm³/mol. The van der Waals surface area contributed by atoms with Crippen LogP contribution >= 0.6 is 0 Å². The van der Waals surface area contributed by atoms with Gasteiger partial charge in [-0.3, -0.25) is 4.79 Å². The summed E-state index contributed by atoms with van der Waals surface area (Å²) in [4.78, 5) is 31.2. The highest BCUT2D eigenvalue weighted by Crippen LogP contribution is 2.10. The molecule has 2 aromatic rings. The van der Waals surface area contributed by atoms with E-state index in [1.165, 1.54) is 10.9 Å². The van der Waals surface area contributed by atoms with Crippen molar-refractivity contribution in [3.8, 4) is 5.95 Å². The van der Waals surface area contributed by atoms with E-state index >= 15 is 0 Å². The van der Waals surface area contributed by atoms with Gasteiger partial charge in [0.1, 0.15) is 0 Å². The summed E-state index contributed by atoms with van der Waals surface area (Å²) in [6.45, 7) is 5.55. The Morgan fingerprint density at radius 1 is 1.35 bits per heavy atom. The van der Waals surface area contributed by atoms with E-state index in [0.717, 1.165) is 11.4 Å².